The molecule has 0 aromatic heterocycles. The average molecular weight is 340 g/mol. The molecule has 136 valence electrons. The lowest BCUT2D eigenvalue weighted by atomic mass is 9.94. The van der Waals surface area contributed by atoms with Crippen LogP contribution >= 0.6 is 0 Å². The Morgan fingerprint density at radius 2 is 1.46 bits per heavy atom. The van der Waals surface area contributed by atoms with Gasteiger partial charge in [-0.1, -0.05) is 12.8 Å². The second-order valence-corrected chi connectivity index (χ2v) is 8.10. The van der Waals surface area contributed by atoms with Crippen molar-refractivity contribution < 1.29 is 28.8 Å². The molecule has 3 saturated heterocycles. The Kier molecular flexibility index (Phi) is 3.75. The Balaban J connectivity index is 1.42. The largest absolute Gasteiger partial charge is 0.391 e. The van der Waals surface area contributed by atoms with Crippen molar-refractivity contribution in [3.05, 3.63) is 0 Å². The van der Waals surface area contributed by atoms with Crippen molar-refractivity contribution in [2.45, 2.75) is 99.9 Å². The smallest absolute Gasteiger partial charge is 0.224 e. The minimum Gasteiger partial charge on any atom is -0.391 e. The van der Waals surface area contributed by atoms with E-state index in [-0.39, 0.29) is 18.8 Å². The lowest BCUT2D eigenvalue weighted by Crippen LogP contribution is -2.60. The van der Waals surface area contributed by atoms with E-state index in [2.05, 4.69) is 0 Å². The molecule has 24 heavy (non-hydrogen) atoms. The second-order valence-electron chi connectivity index (χ2n) is 8.10. The molecule has 5 aliphatic rings. The van der Waals surface area contributed by atoms with E-state index >= 15 is 0 Å². The molecule has 0 aromatic rings. The van der Waals surface area contributed by atoms with Gasteiger partial charge in [0.2, 0.25) is 5.79 Å². The maximum atomic E-state index is 10.1. The molecule has 5 rings (SSSR count). The Morgan fingerprint density at radius 3 is 2.12 bits per heavy atom. The first-order valence-corrected chi connectivity index (χ1v) is 9.67. The van der Waals surface area contributed by atoms with Gasteiger partial charge in [0.05, 0.1) is 6.61 Å². The standard InChI is InChI=1S/C18H28O6/c19-12-18-15(23-17(24-18)9-5-2-6-10-17)14-13(11-20-18)21-16(22-14)7-3-1-4-8-16/h13-15,19H,1-12H2/t13-,14-,15+,18+/m1/s1. The van der Waals surface area contributed by atoms with Gasteiger partial charge in [-0.05, 0) is 25.7 Å². The molecule has 3 aliphatic heterocycles. The molecule has 1 N–H and O–H groups in total. The molecular weight excluding hydrogens is 312 g/mol. The van der Waals surface area contributed by atoms with Crippen LogP contribution in [0.2, 0.25) is 0 Å². The van der Waals surface area contributed by atoms with Gasteiger partial charge in [0, 0.05) is 25.7 Å². The zero-order valence-corrected chi connectivity index (χ0v) is 14.2. The van der Waals surface area contributed by atoms with E-state index in [1.807, 2.05) is 0 Å². The molecule has 3 heterocycles. The lowest BCUT2D eigenvalue weighted by Gasteiger charge is -2.39. The summed E-state index contributed by atoms with van der Waals surface area (Å²) in [4.78, 5) is 0. The maximum absolute atomic E-state index is 10.1. The number of rotatable bonds is 1. The normalized spacial score (nSPS) is 46.1. The van der Waals surface area contributed by atoms with Crippen LogP contribution in [0.3, 0.4) is 0 Å². The molecule has 0 unspecified atom stereocenters. The highest BCUT2D eigenvalue weighted by atomic mass is 16.9. The van der Waals surface area contributed by atoms with Crippen molar-refractivity contribution in [3.63, 3.8) is 0 Å². The topological polar surface area (TPSA) is 66.4 Å². The third-order valence-electron chi connectivity index (χ3n) is 6.46. The quantitative estimate of drug-likeness (QED) is 0.790. The molecule has 2 aliphatic carbocycles. The average Bonchev–Trinajstić information content (AvgIpc) is 3.12. The van der Waals surface area contributed by atoms with Gasteiger partial charge in [-0.3, -0.25) is 0 Å². The summed E-state index contributed by atoms with van der Waals surface area (Å²) in [5, 5.41) is 10.1. The molecule has 6 nitrogen and oxygen atoms in total. The van der Waals surface area contributed by atoms with Crippen LogP contribution in [-0.4, -0.2) is 54.0 Å². The number of aliphatic hydroxyl groups excluding tert-OH is 1. The Hall–Kier alpha value is -0.240. The lowest BCUT2D eigenvalue weighted by molar-refractivity contribution is -0.303. The highest BCUT2D eigenvalue weighted by Crippen LogP contribution is 2.53. The summed E-state index contributed by atoms with van der Waals surface area (Å²) in [6.45, 7) is 0.182. The monoisotopic (exact) mass is 340 g/mol. The van der Waals surface area contributed by atoms with Crippen LogP contribution in [0.5, 0.6) is 0 Å². The third kappa shape index (κ3) is 2.31. The van der Waals surface area contributed by atoms with Gasteiger partial charge >= 0.3 is 0 Å². The molecule has 0 aromatic carbocycles. The molecule has 6 heteroatoms. The molecule has 0 radical (unpaired) electrons. The van der Waals surface area contributed by atoms with Gasteiger partial charge < -0.3 is 28.8 Å². The van der Waals surface area contributed by atoms with E-state index in [1.165, 1.54) is 12.8 Å². The molecule has 4 atom stereocenters. The summed E-state index contributed by atoms with van der Waals surface area (Å²) < 4.78 is 31.5. The summed E-state index contributed by atoms with van der Waals surface area (Å²) in [7, 11) is 0. The van der Waals surface area contributed by atoms with E-state index in [9.17, 15) is 5.11 Å². The molecule has 2 spiro atoms. The number of ether oxygens (including phenoxy) is 5. The predicted octanol–water partition coefficient (Wildman–Crippen LogP) is 2.23. The van der Waals surface area contributed by atoms with Crippen molar-refractivity contribution in [3.8, 4) is 0 Å². The number of hydrogen-bond acceptors (Lipinski definition) is 6. The first-order chi connectivity index (χ1) is 11.7. The minimum absolute atomic E-state index is 0.130. The van der Waals surface area contributed by atoms with Crippen molar-refractivity contribution in [1.82, 2.24) is 0 Å². The van der Waals surface area contributed by atoms with Crippen LogP contribution in [0.25, 0.3) is 0 Å². The van der Waals surface area contributed by atoms with Gasteiger partial charge in [0.1, 0.15) is 24.9 Å². The van der Waals surface area contributed by atoms with Crippen molar-refractivity contribution in [2.24, 2.45) is 0 Å². The Labute approximate surface area is 142 Å². The second kappa shape index (κ2) is 5.63. The third-order valence-corrected chi connectivity index (χ3v) is 6.46. The molecule has 0 amide bonds. The minimum atomic E-state index is -1.10. The van der Waals surface area contributed by atoms with Crippen LogP contribution in [0, 0.1) is 0 Å². The van der Waals surface area contributed by atoms with E-state index < -0.39 is 23.5 Å². The first kappa shape index (κ1) is 16.0. The molecule has 0 bridgehead atoms. The predicted molar refractivity (Wildman–Crippen MR) is 83.1 cm³/mol. The Morgan fingerprint density at radius 1 is 0.792 bits per heavy atom. The number of aliphatic hydroxyl groups is 1. The fourth-order valence-corrected chi connectivity index (χ4v) is 5.25. The van der Waals surface area contributed by atoms with Gasteiger partial charge in [-0.2, -0.15) is 0 Å². The van der Waals surface area contributed by atoms with E-state index in [1.54, 1.807) is 0 Å². The van der Waals surface area contributed by atoms with Crippen LogP contribution in [0.15, 0.2) is 0 Å². The van der Waals surface area contributed by atoms with Gasteiger partial charge in [-0.25, -0.2) is 0 Å². The zero-order valence-electron chi connectivity index (χ0n) is 14.2. The van der Waals surface area contributed by atoms with E-state index in [0.717, 1.165) is 51.4 Å². The SMILES string of the molecule is OC[C@@]12OC[C@H]3OC4(CCCCC4)O[C@H]3[C@@H]1OC1(CCCCC1)O2. The van der Waals surface area contributed by atoms with Crippen molar-refractivity contribution in [1.29, 1.82) is 0 Å². The van der Waals surface area contributed by atoms with E-state index in [0.29, 0.717) is 6.61 Å². The van der Waals surface area contributed by atoms with Crippen LogP contribution < -0.4 is 0 Å². The Bertz CT molecular complexity index is 484. The summed E-state index contributed by atoms with van der Waals surface area (Å²) in [5.74, 6) is -2.19. The number of fused-ring (bicyclic) bond motifs is 3. The highest BCUT2D eigenvalue weighted by molar-refractivity contribution is 5.05. The van der Waals surface area contributed by atoms with Gasteiger partial charge in [-0.15, -0.1) is 0 Å². The summed E-state index contributed by atoms with van der Waals surface area (Å²) in [6.07, 6.45) is 9.72. The van der Waals surface area contributed by atoms with Crippen molar-refractivity contribution in [2.75, 3.05) is 13.2 Å². The molecule has 2 saturated carbocycles. The van der Waals surface area contributed by atoms with Crippen LogP contribution in [-0.2, 0) is 23.7 Å². The summed E-state index contributed by atoms with van der Waals surface area (Å²) in [6, 6.07) is 0. The molecular formula is C18H28O6. The number of hydrogen-bond donors (Lipinski definition) is 1. The molecule has 5 fully saturated rings. The van der Waals surface area contributed by atoms with Crippen LogP contribution in [0.1, 0.15) is 64.2 Å². The summed E-state index contributed by atoms with van der Waals surface area (Å²) in [5.41, 5.74) is 0. The van der Waals surface area contributed by atoms with Gasteiger partial charge in [0.25, 0.3) is 0 Å². The summed E-state index contributed by atoms with van der Waals surface area (Å²) >= 11 is 0. The zero-order chi connectivity index (χ0) is 16.3. The van der Waals surface area contributed by atoms with E-state index in [4.69, 9.17) is 23.7 Å². The van der Waals surface area contributed by atoms with Gasteiger partial charge in [0.15, 0.2) is 11.6 Å². The van der Waals surface area contributed by atoms with Crippen LogP contribution in [0.4, 0.5) is 0 Å². The highest BCUT2D eigenvalue weighted by Gasteiger charge is 2.67. The fraction of sp³-hybridized carbons (Fsp3) is 1.00. The maximum Gasteiger partial charge on any atom is 0.224 e. The first-order valence-electron chi connectivity index (χ1n) is 9.67. The fourth-order valence-electron chi connectivity index (χ4n) is 5.25. The van der Waals surface area contributed by atoms with Crippen molar-refractivity contribution >= 4 is 0 Å².